The number of rotatable bonds is 4. The van der Waals surface area contributed by atoms with Crippen molar-refractivity contribution in [2.75, 3.05) is 37.6 Å². The molecule has 0 N–H and O–H groups in total. The molecule has 0 radical (unpaired) electrons. The molecule has 2 aromatic rings. The first-order valence-corrected chi connectivity index (χ1v) is 11.5. The molecule has 32 heavy (non-hydrogen) atoms. The maximum absolute atomic E-state index is 12.8. The number of aromatic nitrogens is 3. The van der Waals surface area contributed by atoms with E-state index in [-0.39, 0.29) is 6.04 Å². The van der Waals surface area contributed by atoms with E-state index in [1.165, 1.54) is 37.1 Å². The van der Waals surface area contributed by atoms with Crippen molar-refractivity contribution in [1.82, 2.24) is 24.8 Å². The predicted molar refractivity (Wildman–Crippen MR) is 115 cm³/mol. The third-order valence-corrected chi connectivity index (χ3v) is 7.33. The van der Waals surface area contributed by atoms with Gasteiger partial charge in [0.15, 0.2) is 0 Å². The summed E-state index contributed by atoms with van der Waals surface area (Å²) in [5.74, 6) is 1.06. The van der Waals surface area contributed by atoms with Gasteiger partial charge in [-0.25, -0.2) is 9.97 Å². The van der Waals surface area contributed by atoms with Gasteiger partial charge < -0.3 is 4.90 Å². The highest BCUT2D eigenvalue weighted by atomic mass is 19.4. The van der Waals surface area contributed by atoms with Gasteiger partial charge in [0.05, 0.1) is 5.69 Å². The molecule has 9 heteroatoms. The van der Waals surface area contributed by atoms with Crippen LogP contribution in [0, 0.1) is 0 Å². The Labute approximate surface area is 186 Å². The van der Waals surface area contributed by atoms with Crippen LogP contribution in [0.25, 0.3) is 0 Å². The fraction of sp³-hybridized carbons (Fsp3) is 0.609. The largest absolute Gasteiger partial charge is 0.433 e. The maximum Gasteiger partial charge on any atom is 0.433 e. The van der Waals surface area contributed by atoms with Gasteiger partial charge in [-0.2, -0.15) is 13.2 Å². The van der Waals surface area contributed by atoms with Crippen molar-refractivity contribution in [2.24, 2.45) is 0 Å². The number of hydrogen-bond donors (Lipinski definition) is 0. The Balaban J connectivity index is 1.26. The lowest BCUT2D eigenvalue weighted by Gasteiger charge is -2.44. The number of anilines is 1. The van der Waals surface area contributed by atoms with E-state index in [2.05, 4.69) is 29.7 Å². The second kappa shape index (κ2) is 8.59. The smallest absolute Gasteiger partial charge is 0.354 e. The second-order valence-corrected chi connectivity index (χ2v) is 9.10. The zero-order chi connectivity index (χ0) is 22.3. The normalized spacial score (nSPS) is 21.8. The number of piperazine rings is 1. The van der Waals surface area contributed by atoms with Gasteiger partial charge in [-0.3, -0.25) is 14.8 Å². The Morgan fingerprint density at radius 2 is 1.78 bits per heavy atom. The van der Waals surface area contributed by atoms with Crippen LogP contribution in [0.4, 0.5) is 19.0 Å². The van der Waals surface area contributed by atoms with Crippen LogP contribution >= 0.6 is 0 Å². The Hall–Kier alpha value is -2.26. The molecule has 1 atom stereocenters. The molecule has 3 aliphatic rings. The van der Waals surface area contributed by atoms with Crippen molar-refractivity contribution in [2.45, 2.75) is 57.4 Å². The molecule has 1 saturated carbocycles. The lowest BCUT2D eigenvalue weighted by molar-refractivity contribution is -0.141. The quantitative estimate of drug-likeness (QED) is 0.714. The van der Waals surface area contributed by atoms with Crippen molar-refractivity contribution >= 4 is 5.82 Å². The van der Waals surface area contributed by atoms with Crippen molar-refractivity contribution in [3.63, 3.8) is 0 Å². The van der Waals surface area contributed by atoms with Gasteiger partial charge in [0.2, 0.25) is 0 Å². The van der Waals surface area contributed by atoms with Gasteiger partial charge in [-0.15, -0.1) is 0 Å². The molecule has 0 bridgehead atoms. The minimum Gasteiger partial charge on any atom is -0.354 e. The third kappa shape index (κ3) is 4.20. The molecule has 5 rings (SSSR count). The predicted octanol–water partition coefficient (Wildman–Crippen LogP) is 3.68. The van der Waals surface area contributed by atoms with Crippen LogP contribution in [0.15, 0.2) is 24.7 Å². The topological polar surface area (TPSA) is 48.4 Å². The highest BCUT2D eigenvalue weighted by molar-refractivity contribution is 5.50. The monoisotopic (exact) mass is 446 g/mol. The minimum absolute atomic E-state index is 0.0395. The van der Waals surface area contributed by atoms with Crippen LogP contribution in [-0.2, 0) is 19.1 Å². The number of pyridine rings is 1. The summed E-state index contributed by atoms with van der Waals surface area (Å²) in [7, 11) is 0. The first kappa shape index (κ1) is 21.6. The molecule has 0 amide bonds. The number of alkyl halides is 3. The summed E-state index contributed by atoms with van der Waals surface area (Å²) in [6.45, 7) is 7.67. The first-order valence-electron chi connectivity index (χ1n) is 11.5. The molecule has 0 spiro atoms. The highest BCUT2D eigenvalue weighted by Crippen LogP contribution is 2.33. The lowest BCUT2D eigenvalue weighted by atomic mass is 9.91. The van der Waals surface area contributed by atoms with Crippen LogP contribution in [0.2, 0.25) is 0 Å². The molecule has 6 nitrogen and oxygen atoms in total. The average Bonchev–Trinajstić information content (AvgIpc) is 2.77. The Morgan fingerprint density at radius 3 is 2.41 bits per heavy atom. The van der Waals surface area contributed by atoms with E-state index < -0.39 is 11.9 Å². The van der Waals surface area contributed by atoms with Gasteiger partial charge in [-0.05, 0) is 37.8 Å². The van der Waals surface area contributed by atoms with Crippen molar-refractivity contribution in [3.05, 3.63) is 47.2 Å². The van der Waals surface area contributed by atoms with Crippen molar-refractivity contribution < 1.29 is 13.2 Å². The second-order valence-electron chi connectivity index (χ2n) is 9.10. The molecule has 0 aromatic carbocycles. The highest BCUT2D eigenvalue weighted by Gasteiger charge is 2.33. The van der Waals surface area contributed by atoms with E-state index in [1.807, 2.05) is 6.92 Å². The van der Waals surface area contributed by atoms with Crippen LogP contribution in [0.3, 0.4) is 0 Å². The van der Waals surface area contributed by atoms with E-state index in [1.54, 1.807) is 6.33 Å². The maximum atomic E-state index is 12.8. The molecular weight excluding hydrogens is 417 g/mol. The van der Waals surface area contributed by atoms with Gasteiger partial charge >= 0.3 is 6.18 Å². The molecule has 2 aliphatic heterocycles. The van der Waals surface area contributed by atoms with Crippen LogP contribution in [0.1, 0.15) is 54.7 Å². The summed E-state index contributed by atoms with van der Waals surface area (Å²) < 4.78 is 38.5. The Kier molecular flexibility index (Phi) is 5.79. The summed E-state index contributed by atoms with van der Waals surface area (Å²) in [6, 6.07) is 3.34. The summed E-state index contributed by atoms with van der Waals surface area (Å²) >= 11 is 0. The van der Waals surface area contributed by atoms with Crippen LogP contribution in [0.5, 0.6) is 0 Å². The molecule has 1 aliphatic carbocycles. The van der Waals surface area contributed by atoms with E-state index in [0.29, 0.717) is 6.54 Å². The third-order valence-electron chi connectivity index (χ3n) is 7.33. The summed E-state index contributed by atoms with van der Waals surface area (Å²) in [5, 5.41) is 0. The molecule has 172 valence electrons. The summed E-state index contributed by atoms with van der Waals surface area (Å²) in [5.41, 5.74) is 2.17. The molecule has 1 unspecified atom stereocenters. The van der Waals surface area contributed by atoms with E-state index >= 15 is 0 Å². The first-order chi connectivity index (χ1) is 15.4. The van der Waals surface area contributed by atoms with Gasteiger partial charge in [-0.1, -0.05) is 12.5 Å². The van der Waals surface area contributed by atoms with Gasteiger partial charge in [0.25, 0.3) is 0 Å². The molecular formula is C23H29F3N6. The Bertz CT molecular complexity index is 936. The van der Waals surface area contributed by atoms with Crippen molar-refractivity contribution in [1.29, 1.82) is 0 Å². The van der Waals surface area contributed by atoms with E-state index in [0.717, 1.165) is 68.3 Å². The summed E-state index contributed by atoms with van der Waals surface area (Å²) in [6.07, 6.45) is 3.46. The average molecular weight is 447 g/mol. The number of hydrogen-bond acceptors (Lipinski definition) is 6. The zero-order valence-electron chi connectivity index (χ0n) is 18.4. The Morgan fingerprint density at radius 1 is 1.00 bits per heavy atom. The minimum atomic E-state index is -4.41. The van der Waals surface area contributed by atoms with Crippen molar-refractivity contribution in [3.8, 4) is 0 Å². The number of nitrogens with zero attached hydrogens (tertiary/aromatic N) is 6. The molecule has 1 saturated heterocycles. The fourth-order valence-electron chi connectivity index (χ4n) is 5.04. The zero-order valence-corrected chi connectivity index (χ0v) is 18.4. The van der Waals surface area contributed by atoms with Crippen LogP contribution < -0.4 is 4.90 Å². The van der Waals surface area contributed by atoms with Gasteiger partial charge in [0.1, 0.15) is 17.8 Å². The molecule has 2 fully saturated rings. The fourth-order valence-corrected chi connectivity index (χ4v) is 5.04. The van der Waals surface area contributed by atoms with Crippen LogP contribution in [-0.4, -0.2) is 63.5 Å². The SMILES string of the molecule is CC(c1ccc(C(F)(F)F)nc1)N1CCc2c(ncnc2N2CCN(C3CCC3)CC2)C1. The summed E-state index contributed by atoms with van der Waals surface area (Å²) in [4.78, 5) is 20.1. The van der Waals surface area contributed by atoms with E-state index in [9.17, 15) is 13.2 Å². The molecule has 2 aromatic heterocycles. The van der Waals surface area contributed by atoms with E-state index in [4.69, 9.17) is 0 Å². The van der Waals surface area contributed by atoms with Gasteiger partial charge in [0, 0.05) is 63.1 Å². The number of fused-ring (bicyclic) bond motifs is 1. The standard InChI is InChI=1S/C23H29F3N6/c1-16(17-5-6-21(27-13-17)23(24,25)26)32-8-7-19-20(14-32)28-15-29-22(19)31-11-9-30(10-12-31)18-3-2-4-18/h5-6,13,15-16,18H,2-4,7-12,14H2,1H3. The molecule has 4 heterocycles. The number of halogens is 3. The lowest BCUT2D eigenvalue weighted by Crippen LogP contribution is -2.52.